The lowest BCUT2D eigenvalue weighted by molar-refractivity contribution is -0.0680. The summed E-state index contributed by atoms with van der Waals surface area (Å²) >= 11 is 1.81. The predicted molar refractivity (Wildman–Crippen MR) is 49.5 cm³/mol. The number of rotatable bonds is 5. The van der Waals surface area contributed by atoms with Crippen LogP contribution in [0.25, 0.3) is 0 Å². The molecule has 1 heterocycles. The summed E-state index contributed by atoms with van der Waals surface area (Å²) in [6.07, 6.45) is 3.20. The van der Waals surface area contributed by atoms with Crippen molar-refractivity contribution in [3.8, 4) is 0 Å². The van der Waals surface area contributed by atoms with Gasteiger partial charge in [0.2, 0.25) is 0 Å². The fourth-order valence-electron chi connectivity index (χ4n) is 1.15. The van der Waals surface area contributed by atoms with Gasteiger partial charge in [0, 0.05) is 13.5 Å². The van der Waals surface area contributed by atoms with Crippen molar-refractivity contribution in [1.82, 2.24) is 0 Å². The molecule has 1 rings (SSSR count). The van der Waals surface area contributed by atoms with Crippen molar-refractivity contribution < 1.29 is 14.2 Å². The molecule has 0 amide bonds. The van der Waals surface area contributed by atoms with Gasteiger partial charge in [0.05, 0.1) is 13.2 Å². The summed E-state index contributed by atoms with van der Waals surface area (Å²) in [6.45, 7) is 1.31. The highest BCUT2D eigenvalue weighted by Gasteiger charge is 2.24. The topological polar surface area (TPSA) is 27.7 Å². The second kappa shape index (κ2) is 5.80. The first kappa shape index (κ1) is 10.3. The molecule has 2 atom stereocenters. The van der Waals surface area contributed by atoms with Crippen LogP contribution in [0.3, 0.4) is 0 Å². The van der Waals surface area contributed by atoms with Crippen LogP contribution >= 0.6 is 11.8 Å². The Morgan fingerprint density at radius 3 is 3.08 bits per heavy atom. The summed E-state index contributed by atoms with van der Waals surface area (Å²) in [5, 5.41) is 0. The van der Waals surface area contributed by atoms with Crippen molar-refractivity contribution in [2.24, 2.45) is 0 Å². The molecule has 0 spiro atoms. The van der Waals surface area contributed by atoms with E-state index in [1.54, 1.807) is 7.11 Å². The van der Waals surface area contributed by atoms with Gasteiger partial charge >= 0.3 is 0 Å². The zero-order valence-corrected chi connectivity index (χ0v) is 8.43. The van der Waals surface area contributed by atoms with E-state index >= 15 is 0 Å². The molecule has 1 fully saturated rings. The first-order valence-electron chi connectivity index (χ1n) is 4.11. The number of thioether (sulfide) groups is 1. The average molecular weight is 192 g/mol. The molecule has 1 saturated heterocycles. The van der Waals surface area contributed by atoms with Gasteiger partial charge in [-0.3, -0.25) is 0 Å². The van der Waals surface area contributed by atoms with E-state index < -0.39 is 0 Å². The fourth-order valence-corrected chi connectivity index (χ4v) is 1.57. The van der Waals surface area contributed by atoms with Gasteiger partial charge in [-0.25, -0.2) is 0 Å². The lowest BCUT2D eigenvalue weighted by Crippen LogP contribution is -2.18. The Bertz CT molecular complexity index is 121. The van der Waals surface area contributed by atoms with E-state index in [0.29, 0.717) is 13.2 Å². The van der Waals surface area contributed by atoms with Gasteiger partial charge in [-0.15, -0.1) is 0 Å². The Hall–Kier alpha value is 0.230. The van der Waals surface area contributed by atoms with Crippen LogP contribution in [-0.2, 0) is 14.2 Å². The third kappa shape index (κ3) is 3.31. The maximum absolute atomic E-state index is 5.54. The van der Waals surface area contributed by atoms with Crippen LogP contribution in [0.4, 0.5) is 0 Å². The van der Waals surface area contributed by atoms with Crippen LogP contribution in [-0.4, -0.2) is 44.7 Å². The Balaban J connectivity index is 2.08. The van der Waals surface area contributed by atoms with E-state index in [1.165, 1.54) is 0 Å². The molecule has 4 heteroatoms. The van der Waals surface area contributed by atoms with Gasteiger partial charge in [0.25, 0.3) is 0 Å². The second-order valence-electron chi connectivity index (χ2n) is 2.76. The molecule has 0 aliphatic carbocycles. The summed E-state index contributed by atoms with van der Waals surface area (Å²) in [5.41, 5.74) is 0. The van der Waals surface area contributed by atoms with Crippen molar-refractivity contribution in [2.75, 3.05) is 32.3 Å². The van der Waals surface area contributed by atoms with E-state index in [4.69, 9.17) is 14.2 Å². The smallest absolute Gasteiger partial charge is 0.159 e. The average Bonchev–Trinajstić information content (AvgIpc) is 2.50. The summed E-state index contributed by atoms with van der Waals surface area (Å²) < 4.78 is 15.9. The van der Waals surface area contributed by atoms with E-state index in [0.717, 1.165) is 12.2 Å². The molecule has 12 heavy (non-hydrogen) atoms. The number of ether oxygens (including phenoxy) is 3. The molecule has 1 aliphatic heterocycles. The normalized spacial score (nSPS) is 29.5. The number of hydrogen-bond donors (Lipinski definition) is 0. The molecule has 0 aromatic heterocycles. The molecule has 2 unspecified atom stereocenters. The van der Waals surface area contributed by atoms with Crippen LogP contribution < -0.4 is 0 Å². The SMILES string of the molecule is COCC1COC(CCSC)O1. The molecular formula is C8H16O3S. The van der Waals surface area contributed by atoms with Gasteiger partial charge in [-0.1, -0.05) is 0 Å². The highest BCUT2D eigenvalue weighted by atomic mass is 32.2. The molecule has 0 bridgehead atoms. The van der Waals surface area contributed by atoms with Crippen molar-refractivity contribution >= 4 is 11.8 Å². The Kier molecular flexibility index (Phi) is 4.99. The third-order valence-corrected chi connectivity index (χ3v) is 2.37. The summed E-state index contributed by atoms with van der Waals surface area (Å²) in [6, 6.07) is 0. The van der Waals surface area contributed by atoms with E-state index in [2.05, 4.69) is 6.26 Å². The molecule has 0 saturated carbocycles. The van der Waals surface area contributed by atoms with Crippen LogP contribution in [0.5, 0.6) is 0 Å². The molecule has 3 nitrogen and oxygen atoms in total. The van der Waals surface area contributed by atoms with Crippen molar-refractivity contribution in [1.29, 1.82) is 0 Å². The second-order valence-corrected chi connectivity index (χ2v) is 3.74. The summed E-state index contributed by atoms with van der Waals surface area (Å²) in [4.78, 5) is 0. The highest BCUT2D eigenvalue weighted by molar-refractivity contribution is 7.98. The van der Waals surface area contributed by atoms with Crippen molar-refractivity contribution in [3.63, 3.8) is 0 Å². The molecular weight excluding hydrogens is 176 g/mol. The summed E-state index contributed by atoms with van der Waals surface area (Å²) in [5.74, 6) is 1.09. The zero-order chi connectivity index (χ0) is 8.81. The monoisotopic (exact) mass is 192 g/mol. The molecule has 0 radical (unpaired) electrons. The van der Waals surface area contributed by atoms with Crippen LogP contribution in [0.15, 0.2) is 0 Å². The molecule has 0 N–H and O–H groups in total. The van der Waals surface area contributed by atoms with Crippen LogP contribution in [0.1, 0.15) is 6.42 Å². The minimum Gasteiger partial charge on any atom is -0.382 e. The minimum atomic E-state index is -0.00222. The Morgan fingerprint density at radius 2 is 2.42 bits per heavy atom. The Labute approximate surface area is 77.8 Å². The molecule has 72 valence electrons. The lowest BCUT2D eigenvalue weighted by atomic mass is 10.4. The highest BCUT2D eigenvalue weighted by Crippen LogP contribution is 2.16. The van der Waals surface area contributed by atoms with Crippen molar-refractivity contribution in [2.45, 2.75) is 18.8 Å². The van der Waals surface area contributed by atoms with Gasteiger partial charge in [-0.05, 0) is 12.0 Å². The third-order valence-electron chi connectivity index (χ3n) is 1.72. The van der Waals surface area contributed by atoms with Crippen LogP contribution in [0, 0.1) is 0 Å². The van der Waals surface area contributed by atoms with E-state index in [-0.39, 0.29) is 12.4 Å². The fraction of sp³-hybridized carbons (Fsp3) is 1.00. The molecule has 1 aliphatic rings. The van der Waals surface area contributed by atoms with Crippen LogP contribution in [0.2, 0.25) is 0 Å². The summed E-state index contributed by atoms with van der Waals surface area (Å²) in [7, 11) is 1.68. The largest absolute Gasteiger partial charge is 0.382 e. The van der Waals surface area contributed by atoms with E-state index in [1.807, 2.05) is 11.8 Å². The molecule has 0 aromatic carbocycles. The zero-order valence-electron chi connectivity index (χ0n) is 7.62. The number of hydrogen-bond acceptors (Lipinski definition) is 4. The van der Waals surface area contributed by atoms with E-state index in [9.17, 15) is 0 Å². The first-order valence-corrected chi connectivity index (χ1v) is 5.51. The van der Waals surface area contributed by atoms with Gasteiger partial charge < -0.3 is 14.2 Å². The maximum Gasteiger partial charge on any atom is 0.159 e. The predicted octanol–water partition coefficient (Wildman–Crippen LogP) is 1.13. The Morgan fingerprint density at radius 1 is 1.58 bits per heavy atom. The molecule has 0 aromatic rings. The van der Waals surface area contributed by atoms with Gasteiger partial charge in [0.1, 0.15) is 6.10 Å². The minimum absolute atomic E-state index is 0.00222. The standard InChI is InChI=1S/C8H16O3S/c1-9-5-7-6-10-8(11-7)3-4-12-2/h7-8H,3-6H2,1-2H3. The number of methoxy groups -OCH3 is 1. The lowest BCUT2D eigenvalue weighted by Gasteiger charge is -2.09. The van der Waals surface area contributed by atoms with Crippen molar-refractivity contribution in [3.05, 3.63) is 0 Å². The first-order chi connectivity index (χ1) is 5.86. The quantitative estimate of drug-likeness (QED) is 0.652. The van der Waals surface area contributed by atoms with Gasteiger partial charge in [-0.2, -0.15) is 11.8 Å². The maximum atomic E-state index is 5.54. The van der Waals surface area contributed by atoms with Gasteiger partial charge in [0.15, 0.2) is 6.29 Å².